The Morgan fingerprint density at radius 3 is 2.55 bits per heavy atom. The molecule has 0 aromatic carbocycles. The Bertz CT molecular complexity index is 312. The maximum atomic E-state index is 12.2. The van der Waals surface area contributed by atoms with Crippen LogP contribution in [0, 0.1) is 5.92 Å². The minimum absolute atomic E-state index is 0.0124. The summed E-state index contributed by atoms with van der Waals surface area (Å²) in [6, 6.07) is 0. The van der Waals surface area contributed by atoms with Gasteiger partial charge < -0.3 is 4.74 Å². The number of likely N-dealkylation sites (tertiary alicyclic amines) is 1. The molecule has 1 saturated carbocycles. The van der Waals surface area contributed by atoms with E-state index in [1.54, 1.807) is 0 Å². The van der Waals surface area contributed by atoms with E-state index >= 15 is 0 Å². The second-order valence-corrected chi connectivity index (χ2v) is 6.48. The van der Waals surface area contributed by atoms with Gasteiger partial charge in [-0.2, -0.15) is 0 Å². The van der Waals surface area contributed by atoms with Gasteiger partial charge in [0.15, 0.2) is 0 Å². The fraction of sp³-hybridized carbons (Fsp3) is 0.941. The molecule has 2 atom stereocenters. The van der Waals surface area contributed by atoms with Crippen LogP contribution in [0.4, 0.5) is 0 Å². The van der Waals surface area contributed by atoms with Crippen LogP contribution in [0.5, 0.6) is 0 Å². The lowest BCUT2D eigenvalue weighted by Crippen LogP contribution is -2.58. The van der Waals surface area contributed by atoms with E-state index in [1.165, 1.54) is 64.5 Å². The summed E-state index contributed by atoms with van der Waals surface area (Å²) >= 11 is 0. The number of hydrogen-bond acceptors (Lipinski definition) is 3. The predicted molar refractivity (Wildman–Crippen MR) is 81.7 cm³/mol. The van der Waals surface area contributed by atoms with Crippen LogP contribution in [0.25, 0.3) is 0 Å². The van der Waals surface area contributed by atoms with Gasteiger partial charge in [-0.1, -0.05) is 32.6 Å². The Balaban J connectivity index is 2.18. The molecule has 0 bridgehead atoms. The molecule has 116 valence electrons. The normalized spacial score (nSPS) is 32.0. The van der Waals surface area contributed by atoms with E-state index in [9.17, 15) is 4.79 Å². The van der Waals surface area contributed by atoms with Crippen molar-refractivity contribution in [1.29, 1.82) is 0 Å². The van der Waals surface area contributed by atoms with Crippen molar-refractivity contribution < 1.29 is 9.53 Å². The highest BCUT2D eigenvalue weighted by Gasteiger charge is 2.46. The molecule has 1 aliphatic heterocycles. The number of piperidine rings is 1. The van der Waals surface area contributed by atoms with E-state index in [-0.39, 0.29) is 11.5 Å². The minimum atomic E-state index is 0.0124. The third-order valence-corrected chi connectivity index (χ3v) is 5.41. The van der Waals surface area contributed by atoms with Crippen molar-refractivity contribution in [2.45, 2.75) is 77.2 Å². The molecule has 0 N–H and O–H groups in total. The molecule has 0 aromatic heterocycles. The molecule has 2 aliphatic rings. The van der Waals surface area contributed by atoms with E-state index in [0.29, 0.717) is 18.9 Å². The number of esters is 1. The van der Waals surface area contributed by atoms with Crippen molar-refractivity contribution in [3.63, 3.8) is 0 Å². The first-order valence-corrected chi connectivity index (χ1v) is 8.63. The van der Waals surface area contributed by atoms with Crippen molar-refractivity contribution in [2.75, 3.05) is 19.7 Å². The highest BCUT2D eigenvalue weighted by molar-refractivity contribution is 5.71. The van der Waals surface area contributed by atoms with Crippen molar-refractivity contribution in [3.05, 3.63) is 0 Å². The Hall–Kier alpha value is -0.570. The van der Waals surface area contributed by atoms with Crippen LogP contribution >= 0.6 is 0 Å². The molecule has 1 saturated heterocycles. The van der Waals surface area contributed by atoms with Crippen LogP contribution < -0.4 is 0 Å². The van der Waals surface area contributed by atoms with E-state index in [1.807, 2.05) is 6.92 Å². The third-order valence-electron chi connectivity index (χ3n) is 5.41. The van der Waals surface area contributed by atoms with Crippen LogP contribution in [0.3, 0.4) is 0 Å². The quantitative estimate of drug-likeness (QED) is 0.719. The largest absolute Gasteiger partial charge is 0.466 e. The maximum absolute atomic E-state index is 12.2. The minimum Gasteiger partial charge on any atom is -0.466 e. The second kappa shape index (κ2) is 7.44. The lowest BCUT2D eigenvalue weighted by molar-refractivity contribution is -0.150. The lowest BCUT2D eigenvalue weighted by atomic mass is 9.68. The number of ether oxygens (including phenoxy) is 1. The molecule has 0 spiro atoms. The number of nitrogens with zero attached hydrogens (tertiary/aromatic N) is 1. The summed E-state index contributed by atoms with van der Waals surface area (Å²) in [5, 5.41) is 0. The maximum Gasteiger partial charge on any atom is 0.307 e. The molecule has 0 radical (unpaired) electrons. The van der Waals surface area contributed by atoms with Crippen molar-refractivity contribution in [1.82, 2.24) is 4.90 Å². The number of rotatable bonds is 5. The summed E-state index contributed by atoms with van der Waals surface area (Å²) < 4.78 is 5.29. The Morgan fingerprint density at radius 1 is 1.15 bits per heavy atom. The van der Waals surface area contributed by atoms with Gasteiger partial charge in [-0.3, -0.25) is 9.69 Å². The monoisotopic (exact) mass is 281 g/mol. The average molecular weight is 281 g/mol. The summed E-state index contributed by atoms with van der Waals surface area (Å²) in [6.07, 6.45) is 10.8. The molecule has 2 fully saturated rings. The molecule has 0 amide bonds. The summed E-state index contributed by atoms with van der Waals surface area (Å²) in [7, 11) is 0. The van der Waals surface area contributed by atoms with E-state index in [2.05, 4.69) is 11.8 Å². The highest BCUT2D eigenvalue weighted by atomic mass is 16.5. The summed E-state index contributed by atoms with van der Waals surface area (Å²) in [4.78, 5) is 14.8. The summed E-state index contributed by atoms with van der Waals surface area (Å²) in [6.45, 7) is 7.06. The molecule has 3 nitrogen and oxygen atoms in total. The second-order valence-electron chi connectivity index (χ2n) is 6.48. The molecule has 2 unspecified atom stereocenters. The van der Waals surface area contributed by atoms with Crippen molar-refractivity contribution >= 4 is 5.97 Å². The number of carbonyl (C=O) groups excluding carboxylic acids is 1. The molecular formula is C17H31NO2. The molecule has 0 aromatic rings. The first-order valence-electron chi connectivity index (χ1n) is 8.63. The smallest absolute Gasteiger partial charge is 0.307 e. The predicted octanol–water partition coefficient (Wildman–Crippen LogP) is 3.76. The molecule has 1 aliphatic carbocycles. The first-order chi connectivity index (χ1) is 9.73. The average Bonchev–Trinajstić information content (AvgIpc) is 2.49. The van der Waals surface area contributed by atoms with Crippen LogP contribution in [-0.2, 0) is 9.53 Å². The van der Waals surface area contributed by atoms with Crippen LogP contribution in [0.2, 0.25) is 0 Å². The lowest BCUT2D eigenvalue weighted by Gasteiger charge is -2.52. The van der Waals surface area contributed by atoms with Gasteiger partial charge in [0.1, 0.15) is 0 Å². The van der Waals surface area contributed by atoms with Crippen LogP contribution in [0.1, 0.15) is 71.6 Å². The van der Waals surface area contributed by atoms with Gasteiger partial charge in [0, 0.05) is 5.54 Å². The molecule has 1 heterocycles. The molecule has 20 heavy (non-hydrogen) atoms. The van der Waals surface area contributed by atoms with E-state index in [4.69, 9.17) is 4.74 Å². The molecular weight excluding hydrogens is 250 g/mol. The van der Waals surface area contributed by atoms with Gasteiger partial charge in [0.05, 0.1) is 13.0 Å². The Kier molecular flexibility index (Phi) is 5.88. The van der Waals surface area contributed by atoms with Crippen LogP contribution in [-0.4, -0.2) is 36.1 Å². The zero-order valence-corrected chi connectivity index (χ0v) is 13.3. The SMILES string of the molecule is CCOC(=O)CC1(N2CCCCC2)CCCCC1CC. The van der Waals surface area contributed by atoms with E-state index < -0.39 is 0 Å². The zero-order valence-electron chi connectivity index (χ0n) is 13.3. The fourth-order valence-electron chi connectivity index (χ4n) is 4.44. The van der Waals surface area contributed by atoms with Gasteiger partial charge in [0.25, 0.3) is 0 Å². The Morgan fingerprint density at radius 2 is 1.90 bits per heavy atom. The van der Waals surface area contributed by atoms with Crippen LogP contribution in [0.15, 0.2) is 0 Å². The number of carbonyl (C=O) groups is 1. The zero-order chi connectivity index (χ0) is 14.4. The molecule has 3 heteroatoms. The Labute approximate surface area is 124 Å². The van der Waals surface area contributed by atoms with Crippen molar-refractivity contribution in [2.24, 2.45) is 5.92 Å². The highest BCUT2D eigenvalue weighted by Crippen LogP contribution is 2.44. The van der Waals surface area contributed by atoms with Gasteiger partial charge in [-0.25, -0.2) is 0 Å². The van der Waals surface area contributed by atoms with Gasteiger partial charge in [-0.05, 0) is 51.6 Å². The van der Waals surface area contributed by atoms with Gasteiger partial charge in [0.2, 0.25) is 0 Å². The summed E-state index contributed by atoms with van der Waals surface area (Å²) in [5.41, 5.74) is 0.0969. The van der Waals surface area contributed by atoms with Gasteiger partial charge in [-0.15, -0.1) is 0 Å². The third kappa shape index (κ3) is 3.36. The van der Waals surface area contributed by atoms with E-state index in [0.717, 1.165) is 0 Å². The topological polar surface area (TPSA) is 29.5 Å². The fourth-order valence-corrected chi connectivity index (χ4v) is 4.44. The first kappa shape index (κ1) is 15.8. The van der Waals surface area contributed by atoms with Gasteiger partial charge >= 0.3 is 5.97 Å². The van der Waals surface area contributed by atoms with Crippen molar-refractivity contribution in [3.8, 4) is 0 Å². The standard InChI is InChI=1S/C17H31NO2/c1-3-15-10-6-7-11-17(15,14-16(19)20-4-2)18-12-8-5-9-13-18/h15H,3-14H2,1-2H3. The molecule has 2 rings (SSSR count). The number of hydrogen-bond donors (Lipinski definition) is 0. The summed E-state index contributed by atoms with van der Waals surface area (Å²) in [5.74, 6) is 0.678.